The lowest BCUT2D eigenvalue weighted by atomic mass is 9.87. The molecule has 0 aliphatic heterocycles. The smallest absolute Gasteiger partial charge is 0.116 e. The molecule has 0 unspecified atom stereocenters. The standard InChI is InChI=1S/C12H16O2/c1-8-5-10(13)6-9-3-4-11(14-2)7-12(8)9/h5-6,11,13H,3-4,7H2,1-2H3/t11-/m0/s1. The summed E-state index contributed by atoms with van der Waals surface area (Å²) in [6, 6.07) is 3.71. The van der Waals surface area contributed by atoms with Crippen LogP contribution in [0.1, 0.15) is 23.1 Å². The van der Waals surface area contributed by atoms with Gasteiger partial charge in [-0.15, -0.1) is 0 Å². The molecule has 1 aliphatic carbocycles. The maximum absolute atomic E-state index is 9.46. The number of methoxy groups -OCH3 is 1. The lowest BCUT2D eigenvalue weighted by Gasteiger charge is -2.25. The third-order valence-electron chi connectivity index (χ3n) is 3.05. The van der Waals surface area contributed by atoms with Gasteiger partial charge in [0.25, 0.3) is 0 Å². The molecule has 0 saturated heterocycles. The Morgan fingerprint density at radius 1 is 1.43 bits per heavy atom. The number of phenols is 1. The molecule has 2 rings (SSSR count). The number of phenolic OH excluding ortho intramolecular Hbond substituents is 1. The summed E-state index contributed by atoms with van der Waals surface area (Å²) in [6.45, 7) is 2.05. The van der Waals surface area contributed by atoms with Gasteiger partial charge in [0.1, 0.15) is 5.75 Å². The number of benzene rings is 1. The van der Waals surface area contributed by atoms with Crippen LogP contribution in [-0.2, 0) is 17.6 Å². The van der Waals surface area contributed by atoms with Gasteiger partial charge < -0.3 is 9.84 Å². The molecule has 76 valence electrons. The van der Waals surface area contributed by atoms with Crippen molar-refractivity contribution in [3.05, 3.63) is 28.8 Å². The number of rotatable bonds is 1. The Morgan fingerprint density at radius 2 is 2.21 bits per heavy atom. The molecule has 1 N–H and O–H groups in total. The molecular weight excluding hydrogens is 176 g/mol. The lowest BCUT2D eigenvalue weighted by Crippen LogP contribution is -2.21. The molecule has 2 heteroatoms. The number of hydrogen-bond donors (Lipinski definition) is 1. The van der Waals surface area contributed by atoms with E-state index in [-0.39, 0.29) is 0 Å². The Kier molecular flexibility index (Phi) is 2.46. The second-order valence-corrected chi connectivity index (χ2v) is 4.00. The van der Waals surface area contributed by atoms with E-state index in [0.717, 1.165) is 19.3 Å². The molecule has 1 aliphatic rings. The van der Waals surface area contributed by atoms with Gasteiger partial charge in [-0.05, 0) is 55.0 Å². The van der Waals surface area contributed by atoms with Crippen LogP contribution in [0.25, 0.3) is 0 Å². The fourth-order valence-corrected chi connectivity index (χ4v) is 2.23. The minimum Gasteiger partial charge on any atom is -0.508 e. The quantitative estimate of drug-likeness (QED) is 0.739. The van der Waals surface area contributed by atoms with E-state index >= 15 is 0 Å². The summed E-state index contributed by atoms with van der Waals surface area (Å²) >= 11 is 0. The summed E-state index contributed by atoms with van der Waals surface area (Å²) in [5.74, 6) is 0.386. The highest BCUT2D eigenvalue weighted by atomic mass is 16.5. The first kappa shape index (κ1) is 9.53. The number of aromatic hydroxyl groups is 1. The number of hydrogen-bond acceptors (Lipinski definition) is 2. The van der Waals surface area contributed by atoms with Crippen molar-refractivity contribution < 1.29 is 9.84 Å². The summed E-state index contributed by atoms with van der Waals surface area (Å²) in [4.78, 5) is 0. The lowest BCUT2D eigenvalue weighted by molar-refractivity contribution is 0.0909. The Bertz CT molecular complexity index is 344. The summed E-state index contributed by atoms with van der Waals surface area (Å²) in [5, 5.41) is 9.46. The summed E-state index contributed by atoms with van der Waals surface area (Å²) in [6.07, 6.45) is 3.42. The SMILES string of the molecule is CO[C@H]1CCc2cc(O)cc(C)c2C1. The molecule has 1 aromatic carbocycles. The monoisotopic (exact) mass is 192 g/mol. The number of aryl methyl sites for hydroxylation is 2. The van der Waals surface area contributed by atoms with Crippen LogP contribution in [0.3, 0.4) is 0 Å². The van der Waals surface area contributed by atoms with Crippen molar-refractivity contribution in [1.82, 2.24) is 0 Å². The molecule has 0 bridgehead atoms. The van der Waals surface area contributed by atoms with Gasteiger partial charge in [0, 0.05) is 7.11 Å². The van der Waals surface area contributed by atoms with Gasteiger partial charge in [-0.3, -0.25) is 0 Å². The van der Waals surface area contributed by atoms with Crippen LogP contribution >= 0.6 is 0 Å². The van der Waals surface area contributed by atoms with Crippen LogP contribution < -0.4 is 0 Å². The normalized spacial score (nSPS) is 20.6. The van der Waals surface area contributed by atoms with Gasteiger partial charge in [-0.2, -0.15) is 0 Å². The van der Waals surface area contributed by atoms with E-state index in [1.54, 1.807) is 7.11 Å². The Balaban J connectivity index is 2.37. The molecule has 0 radical (unpaired) electrons. The third kappa shape index (κ3) is 1.62. The van der Waals surface area contributed by atoms with Gasteiger partial charge in [-0.1, -0.05) is 0 Å². The van der Waals surface area contributed by atoms with Crippen molar-refractivity contribution in [2.75, 3.05) is 7.11 Å². The summed E-state index contributed by atoms with van der Waals surface area (Å²) < 4.78 is 5.37. The summed E-state index contributed by atoms with van der Waals surface area (Å²) in [7, 11) is 1.77. The topological polar surface area (TPSA) is 29.5 Å². The largest absolute Gasteiger partial charge is 0.508 e. The molecule has 0 saturated carbocycles. The molecule has 1 atom stereocenters. The first-order valence-corrected chi connectivity index (χ1v) is 5.05. The molecular formula is C12H16O2. The minimum absolute atomic E-state index is 0.353. The van der Waals surface area contributed by atoms with Gasteiger partial charge >= 0.3 is 0 Å². The predicted octanol–water partition coefficient (Wildman–Crippen LogP) is 2.20. The zero-order chi connectivity index (χ0) is 10.1. The van der Waals surface area contributed by atoms with E-state index in [2.05, 4.69) is 6.92 Å². The van der Waals surface area contributed by atoms with Crippen molar-refractivity contribution in [3.8, 4) is 5.75 Å². The fourth-order valence-electron chi connectivity index (χ4n) is 2.23. The highest BCUT2D eigenvalue weighted by Gasteiger charge is 2.19. The van der Waals surface area contributed by atoms with E-state index in [1.807, 2.05) is 12.1 Å². The molecule has 2 nitrogen and oxygen atoms in total. The molecule has 0 fully saturated rings. The number of fused-ring (bicyclic) bond motifs is 1. The molecule has 0 spiro atoms. The molecule has 14 heavy (non-hydrogen) atoms. The van der Waals surface area contributed by atoms with Crippen LogP contribution in [0.5, 0.6) is 5.75 Å². The van der Waals surface area contributed by atoms with Crippen LogP contribution in [-0.4, -0.2) is 18.3 Å². The predicted molar refractivity (Wildman–Crippen MR) is 55.7 cm³/mol. The zero-order valence-electron chi connectivity index (χ0n) is 8.71. The molecule has 0 amide bonds. The second kappa shape index (κ2) is 3.62. The van der Waals surface area contributed by atoms with Crippen LogP contribution in [0.4, 0.5) is 0 Å². The van der Waals surface area contributed by atoms with Gasteiger partial charge in [0.05, 0.1) is 6.10 Å². The van der Waals surface area contributed by atoms with Crippen molar-refractivity contribution >= 4 is 0 Å². The average Bonchev–Trinajstić information content (AvgIpc) is 2.17. The van der Waals surface area contributed by atoms with E-state index in [9.17, 15) is 5.11 Å². The van der Waals surface area contributed by atoms with E-state index in [4.69, 9.17) is 4.74 Å². The maximum atomic E-state index is 9.46. The highest BCUT2D eigenvalue weighted by molar-refractivity contribution is 5.42. The van der Waals surface area contributed by atoms with Gasteiger partial charge in [-0.25, -0.2) is 0 Å². The van der Waals surface area contributed by atoms with E-state index in [1.165, 1.54) is 16.7 Å². The highest BCUT2D eigenvalue weighted by Crippen LogP contribution is 2.29. The fraction of sp³-hybridized carbons (Fsp3) is 0.500. The van der Waals surface area contributed by atoms with Crippen molar-refractivity contribution in [1.29, 1.82) is 0 Å². The molecule has 0 aromatic heterocycles. The van der Waals surface area contributed by atoms with Crippen LogP contribution in [0, 0.1) is 6.92 Å². The molecule has 1 aromatic rings. The van der Waals surface area contributed by atoms with Crippen molar-refractivity contribution in [2.24, 2.45) is 0 Å². The third-order valence-corrected chi connectivity index (χ3v) is 3.05. The summed E-state index contributed by atoms with van der Waals surface area (Å²) in [5.41, 5.74) is 3.83. The van der Waals surface area contributed by atoms with Crippen molar-refractivity contribution in [2.45, 2.75) is 32.3 Å². The first-order valence-electron chi connectivity index (χ1n) is 5.05. The van der Waals surface area contributed by atoms with E-state index in [0.29, 0.717) is 11.9 Å². The first-order chi connectivity index (χ1) is 6.70. The minimum atomic E-state index is 0.353. The average molecular weight is 192 g/mol. The Labute approximate surface area is 84.5 Å². The maximum Gasteiger partial charge on any atom is 0.116 e. The van der Waals surface area contributed by atoms with E-state index < -0.39 is 0 Å². The second-order valence-electron chi connectivity index (χ2n) is 4.00. The zero-order valence-corrected chi connectivity index (χ0v) is 8.71. The Hall–Kier alpha value is -1.02. The van der Waals surface area contributed by atoms with Crippen LogP contribution in [0.15, 0.2) is 12.1 Å². The Morgan fingerprint density at radius 3 is 2.93 bits per heavy atom. The number of ether oxygens (including phenoxy) is 1. The van der Waals surface area contributed by atoms with Crippen molar-refractivity contribution in [3.63, 3.8) is 0 Å². The van der Waals surface area contributed by atoms with Gasteiger partial charge in [0.2, 0.25) is 0 Å². The van der Waals surface area contributed by atoms with Gasteiger partial charge in [0.15, 0.2) is 0 Å². The molecule has 0 heterocycles. The van der Waals surface area contributed by atoms with Crippen LogP contribution in [0.2, 0.25) is 0 Å².